The molecular weight excluding hydrogens is 254 g/mol. The van der Waals surface area contributed by atoms with E-state index in [1.54, 1.807) is 0 Å². The van der Waals surface area contributed by atoms with E-state index < -0.39 is 28.1 Å². The summed E-state index contributed by atoms with van der Waals surface area (Å²) in [4.78, 5) is 32.2. The number of fused-ring (bicyclic) bond motifs is 1. The summed E-state index contributed by atoms with van der Waals surface area (Å²) in [5, 5.41) is 29.0. The van der Waals surface area contributed by atoms with Crippen molar-refractivity contribution < 1.29 is 24.7 Å². The van der Waals surface area contributed by atoms with Crippen molar-refractivity contribution in [1.82, 2.24) is 0 Å². The summed E-state index contributed by atoms with van der Waals surface area (Å²) in [6, 6.07) is 6.09. The third-order valence-electron chi connectivity index (χ3n) is 2.63. The Morgan fingerprint density at radius 2 is 1.68 bits per heavy atom. The number of hydrogen-bond donors (Lipinski definition) is 2. The topological polar surface area (TPSA) is 118 Å². The Hall–Kier alpha value is -2.96. The number of rotatable bonds is 3. The summed E-state index contributed by atoms with van der Waals surface area (Å²) in [6.07, 6.45) is 0. The number of hydrogen-bond acceptors (Lipinski definition) is 4. The Morgan fingerprint density at radius 1 is 1.05 bits per heavy atom. The van der Waals surface area contributed by atoms with Gasteiger partial charge in [0.2, 0.25) is 0 Å². The van der Waals surface area contributed by atoms with Crippen LogP contribution in [-0.4, -0.2) is 27.1 Å². The molecule has 0 aliphatic rings. The van der Waals surface area contributed by atoms with Crippen LogP contribution < -0.4 is 0 Å². The maximum atomic E-state index is 11.1. The highest BCUT2D eigenvalue weighted by atomic mass is 16.6. The van der Waals surface area contributed by atoms with Crippen molar-refractivity contribution in [3.63, 3.8) is 0 Å². The minimum Gasteiger partial charge on any atom is -0.478 e. The molecule has 0 aliphatic carbocycles. The van der Waals surface area contributed by atoms with E-state index in [2.05, 4.69) is 0 Å². The highest BCUT2D eigenvalue weighted by Gasteiger charge is 2.20. The lowest BCUT2D eigenvalue weighted by Gasteiger charge is -2.06. The molecule has 7 nitrogen and oxygen atoms in total. The molecule has 0 fully saturated rings. The number of non-ortho nitro benzene ring substituents is 1. The second kappa shape index (κ2) is 4.37. The first-order chi connectivity index (χ1) is 8.91. The molecule has 0 amide bonds. The fraction of sp³-hybridized carbons (Fsp3) is 0. The fourth-order valence-corrected chi connectivity index (χ4v) is 1.86. The van der Waals surface area contributed by atoms with Gasteiger partial charge in [-0.25, -0.2) is 9.59 Å². The van der Waals surface area contributed by atoms with E-state index in [1.807, 2.05) is 0 Å². The number of carbonyl (C=O) groups is 2. The first-order valence-electron chi connectivity index (χ1n) is 5.09. The average molecular weight is 261 g/mol. The van der Waals surface area contributed by atoms with E-state index in [-0.39, 0.29) is 16.3 Å². The monoisotopic (exact) mass is 261 g/mol. The van der Waals surface area contributed by atoms with Crippen LogP contribution in [0.15, 0.2) is 30.3 Å². The molecule has 0 unspecified atom stereocenters. The zero-order valence-corrected chi connectivity index (χ0v) is 9.36. The van der Waals surface area contributed by atoms with E-state index >= 15 is 0 Å². The quantitative estimate of drug-likeness (QED) is 0.645. The van der Waals surface area contributed by atoms with E-state index in [0.717, 1.165) is 12.1 Å². The van der Waals surface area contributed by atoms with Crippen LogP contribution in [0, 0.1) is 10.1 Å². The predicted octanol–water partition coefficient (Wildman–Crippen LogP) is 2.14. The van der Waals surface area contributed by atoms with E-state index in [9.17, 15) is 19.7 Å². The van der Waals surface area contributed by atoms with Gasteiger partial charge in [-0.05, 0) is 11.5 Å². The average Bonchev–Trinajstić information content (AvgIpc) is 2.36. The van der Waals surface area contributed by atoms with Crippen molar-refractivity contribution in [1.29, 1.82) is 0 Å². The highest BCUT2D eigenvalue weighted by molar-refractivity contribution is 6.13. The second-order valence-electron chi connectivity index (χ2n) is 3.76. The summed E-state index contributed by atoms with van der Waals surface area (Å²) < 4.78 is 0. The van der Waals surface area contributed by atoms with Crippen molar-refractivity contribution in [2.75, 3.05) is 0 Å². The summed E-state index contributed by atoms with van der Waals surface area (Å²) >= 11 is 0. The highest BCUT2D eigenvalue weighted by Crippen LogP contribution is 2.28. The SMILES string of the molecule is O=C(O)c1cccc2cc([N+](=O)[O-])cc(C(=O)O)c12. The number of benzene rings is 2. The minimum absolute atomic E-state index is 0.0203. The maximum Gasteiger partial charge on any atom is 0.336 e. The van der Waals surface area contributed by atoms with Crippen molar-refractivity contribution >= 4 is 28.4 Å². The molecule has 0 saturated heterocycles. The number of nitro groups is 1. The van der Waals surface area contributed by atoms with E-state index in [1.165, 1.54) is 18.2 Å². The molecule has 0 saturated carbocycles. The normalized spacial score (nSPS) is 10.3. The van der Waals surface area contributed by atoms with Gasteiger partial charge in [-0.3, -0.25) is 10.1 Å². The van der Waals surface area contributed by atoms with Crippen molar-refractivity contribution in [2.24, 2.45) is 0 Å². The number of nitrogens with zero attached hydrogens (tertiary/aromatic N) is 1. The molecule has 0 aliphatic heterocycles. The molecule has 7 heteroatoms. The Kier molecular flexibility index (Phi) is 2.88. The van der Waals surface area contributed by atoms with Gasteiger partial charge in [-0.15, -0.1) is 0 Å². The van der Waals surface area contributed by atoms with Gasteiger partial charge in [0, 0.05) is 17.5 Å². The lowest BCUT2D eigenvalue weighted by atomic mass is 9.98. The zero-order valence-electron chi connectivity index (χ0n) is 9.36. The van der Waals surface area contributed by atoms with Gasteiger partial charge >= 0.3 is 11.9 Å². The van der Waals surface area contributed by atoms with Crippen molar-refractivity contribution in [3.05, 3.63) is 51.6 Å². The van der Waals surface area contributed by atoms with Gasteiger partial charge in [0.25, 0.3) is 5.69 Å². The Balaban J connectivity index is 2.95. The van der Waals surface area contributed by atoms with Crippen LogP contribution in [-0.2, 0) is 0 Å². The van der Waals surface area contributed by atoms with E-state index in [4.69, 9.17) is 10.2 Å². The van der Waals surface area contributed by atoms with Gasteiger partial charge in [0.05, 0.1) is 16.1 Å². The summed E-state index contributed by atoms with van der Waals surface area (Å²) in [7, 11) is 0. The first-order valence-corrected chi connectivity index (χ1v) is 5.09. The smallest absolute Gasteiger partial charge is 0.336 e. The van der Waals surface area contributed by atoms with Gasteiger partial charge in [0.15, 0.2) is 0 Å². The minimum atomic E-state index is -1.41. The molecule has 0 bridgehead atoms. The van der Waals surface area contributed by atoms with Crippen LogP contribution >= 0.6 is 0 Å². The molecule has 2 aromatic rings. The number of carboxylic acid groups (broad SMARTS) is 2. The van der Waals surface area contributed by atoms with Crippen LogP contribution in [0.2, 0.25) is 0 Å². The maximum absolute atomic E-state index is 11.1. The zero-order chi connectivity index (χ0) is 14.2. The molecule has 19 heavy (non-hydrogen) atoms. The van der Waals surface area contributed by atoms with Gasteiger partial charge in [-0.1, -0.05) is 12.1 Å². The molecule has 0 atom stereocenters. The number of carboxylic acids is 2. The molecular formula is C12H7NO6. The molecule has 2 N–H and O–H groups in total. The van der Waals surface area contributed by atoms with Crippen LogP contribution in [0.25, 0.3) is 10.8 Å². The van der Waals surface area contributed by atoms with Gasteiger partial charge in [-0.2, -0.15) is 0 Å². The van der Waals surface area contributed by atoms with Crippen LogP contribution in [0.1, 0.15) is 20.7 Å². The molecule has 0 aromatic heterocycles. The Morgan fingerprint density at radius 3 is 2.21 bits per heavy atom. The van der Waals surface area contributed by atoms with Crippen molar-refractivity contribution in [2.45, 2.75) is 0 Å². The van der Waals surface area contributed by atoms with Crippen LogP contribution in [0.4, 0.5) is 5.69 Å². The van der Waals surface area contributed by atoms with E-state index in [0.29, 0.717) is 0 Å². The lowest BCUT2D eigenvalue weighted by Crippen LogP contribution is -2.05. The second-order valence-corrected chi connectivity index (χ2v) is 3.76. The molecule has 2 aromatic carbocycles. The molecule has 96 valence electrons. The number of aromatic carboxylic acids is 2. The predicted molar refractivity (Wildman–Crippen MR) is 64.5 cm³/mol. The lowest BCUT2D eigenvalue weighted by molar-refractivity contribution is -0.384. The standard InChI is InChI=1S/C12H7NO6/c14-11(15)8-3-1-2-6-4-7(13(18)19)5-9(10(6)8)12(16)17/h1-5H,(H,14,15)(H,16,17). The third kappa shape index (κ3) is 2.08. The fourth-order valence-electron chi connectivity index (χ4n) is 1.86. The van der Waals surface area contributed by atoms with Crippen LogP contribution in [0.3, 0.4) is 0 Å². The first kappa shape index (κ1) is 12.5. The Labute approximate surface area is 105 Å². The number of nitro benzene ring substituents is 1. The third-order valence-corrected chi connectivity index (χ3v) is 2.63. The largest absolute Gasteiger partial charge is 0.478 e. The van der Waals surface area contributed by atoms with Crippen molar-refractivity contribution in [3.8, 4) is 0 Å². The van der Waals surface area contributed by atoms with Gasteiger partial charge in [0.1, 0.15) is 0 Å². The van der Waals surface area contributed by atoms with Gasteiger partial charge < -0.3 is 10.2 Å². The summed E-state index contributed by atoms with van der Waals surface area (Å²) in [6.45, 7) is 0. The molecule has 0 spiro atoms. The molecule has 0 radical (unpaired) electrons. The summed E-state index contributed by atoms with van der Waals surface area (Å²) in [5.41, 5.74) is -1.00. The van der Waals surface area contributed by atoms with Crippen LogP contribution in [0.5, 0.6) is 0 Å². The molecule has 2 rings (SSSR count). The molecule has 0 heterocycles. The Bertz CT molecular complexity index is 721. The summed E-state index contributed by atoms with van der Waals surface area (Å²) in [5.74, 6) is -2.70.